The summed E-state index contributed by atoms with van der Waals surface area (Å²) in [5.74, 6) is 1.49. The van der Waals surface area contributed by atoms with Crippen LogP contribution in [0.4, 0.5) is 4.39 Å². The van der Waals surface area contributed by atoms with Gasteiger partial charge in [-0.1, -0.05) is 5.16 Å². The number of nitrogens with zero attached hydrogens (tertiary/aromatic N) is 4. The Kier molecular flexibility index (Phi) is 4.21. The molecule has 1 aromatic carbocycles. The van der Waals surface area contributed by atoms with Crippen LogP contribution < -0.4 is 0 Å². The van der Waals surface area contributed by atoms with Crippen LogP contribution in [0, 0.1) is 5.82 Å². The molecular weight excluding hydrogens is 363 g/mol. The summed E-state index contributed by atoms with van der Waals surface area (Å²) in [4.78, 5) is 8.45. The maximum Gasteiger partial charge on any atom is 0.228 e. The first kappa shape index (κ1) is 14.5. The van der Waals surface area contributed by atoms with Gasteiger partial charge in [-0.3, -0.25) is 0 Å². The second-order valence-electron chi connectivity index (χ2n) is 4.46. The van der Waals surface area contributed by atoms with E-state index in [9.17, 15) is 4.39 Å². The lowest BCUT2D eigenvalue weighted by atomic mass is 10.3. The van der Waals surface area contributed by atoms with E-state index in [1.807, 2.05) is 4.57 Å². The molecule has 0 saturated heterocycles. The van der Waals surface area contributed by atoms with Gasteiger partial charge in [0.15, 0.2) is 6.33 Å². The molecule has 0 unspecified atom stereocenters. The average Bonchev–Trinajstić information content (AvgIpc) is 3.06. The number of aromatic nitrogens is 4. The predicted octanol–water partition coefficient (Wildman–Crippen LogP) is 3.34. The number of aryl methyl sites for hydroxylation is 3. The first-order valence-corrected chi connectivity index (χ1v) is 7.67. The Hall–Kier alpha value is -1.47. The quantitative estimate of drug-likeness (QED) is 0.644. The molecule has 0 amide bonds. The van der Waals surface area contributed by atoms with Crippen molar-refractivity contribution in [3.05, 3.63) is 40.5 Å². The Morgan fingerprint density at radius 3 is 2.90 bits per heavy atom. The van der Waals surface area contributed by atoms with E-state index in [4.69, 9.17) is 16.1 Å². The SMILES string of the molecule is Fc1cc2nc(CCCl)n(CCc3ncno3)c2cc1Br. The van der Waals surface area contributed by atoms with Crippen molar-refractivity contribution < 1.29 is 8.91 Å². The molecule has 5 nitrogen and oxygen atoms in total. The van der Waals surface area contributed by atoms with Crippen molar-refractivity contribution in [1.82, 2.24) is 19.7 Å². The van der Waals surface area contributed by atoms with E-state index in [1.54, 1.807) is 6.07 Å². The number of halogens is 3. The zero-order valence-corrected chi connectivity index (χ0v) is 13.2. The van der Waals surface area contributed by atoms with Gasteiger partial charge in [0, 0.05) is 31.3 Å². The van der Waals surface area contributed by atoms with Gasteiger partial charge in [0.25, 0.3) is 0 Å². The van der Waals surface area contributed by atoms with Gasteiger partial charge >= 0.3 is 0 Å². The van der Waals surface area contributed by atoms with E-state index >= 15 is 0 Å². The minimum atomic E-state index is -0.332. The van der Waals surface area contributed by atoms with Crippen LogP contribution >= 0.6 is 27.5 Å². The van der Waals surface area contributed by atoms with Crippen molar-refractivity contribution in [2.24, 2.45) is 0 Å². The van der Waals surface area contributed by atoms with E-state index in [1.165, 1.54) is 12.4 Å². The molecule has 3 aromatic rings. The molecule has 0 aliphatic carbocycles. The van der Waals surface area contributed by atoms with Crippen molar-refractivity contribution in [2.75, 3.05) is 5.88 Å². The Bertz CT molecular complexity index is 759. The molecule has 0 atom stereocenters. The van der Waals surface area contributed by atoms with Gasteiger partial charge in [-0.15, -0.1) is 11.6 Å². The molecular formula is C13H11BrClFN4O. The third-order valence-electron chi connectivity index (χ3n) is 3.14. The lowest BCUT2D eigenvalue weighted by Gasteiger charge is -2.07. The highest BCUT2D eigenvalue weighted by molar-refractivity contribution is 9.10. The topological polar surface area (TPSA) is 56.7 Å². The van der Waals surface area contributed by atoms with Gasteiger partial charge in [-0.05, 0) is 22.0 Å². The van der Waals surface area contributed by atoms with Crippen molar-refractivity contribution in [1.29, 1.82) is 0 Å². The summed E-state index contributed by atoms with van der Waals surface area (Å²) in [6, 6.07) is 3.14. The Labute approximate surface area is 133 Å². The summed E-state index contributed by atoms with van der Waals surface area (Å²) in [5.41, 5.74) is 1.46. The number of rotatable bonds is 5. The summed E-state index contributed by atoms with van der Waals surface area (Å²) in [7, 11) is 0. The maximum atomic E-state index is 13.6. The number of imidazole rings is 1. The molecule has 0 N–H and O–H groups in total. The van der Waals surface area contributed by atoms with Crippen LogP contribution in [0.2, 0.25) is 0 Å². The van der Waals surface area contributed by atoms with Crippen molar-refractivity contribution in [2.45, 2.75) is 19.4 Å². The Morgan fingerprint density at radius 1 is 1.33 bits per heavy atom. The fraction of sp³-hybridized carbons (Fsp3) is 0.308. The van der Waals surface area contributed by atoms with Gasteiger partial charge in [0.1, 0.15) is 11.6 Å². The van der Waals surface area contributed by atoms with E-state index in [2.05, 4.69) is 31.1 Å². The number of hydrogen-bond donors (Lipinski definition) is 0. The van der Waals surface area contributed by atoms with E-state index in [-0.39, 0.29) is 5.82 Å². The van der Waals surface area contributed by atoms with Gasteiger partial charge in [-0.2, -0.15) is 4.98 Å². The van der Waals surface area contributed by atoms with Crippen molar-refractivity contribution in [3.8, 4) is 0 Å². The van der Waals surface area contributed by atoms with E-state index < -0.39 is 0 Å². The van der Waals surface area contributed by atoms with Crippen LogP contribution in [0.1, 0.15) is 11.7 Å². The molecule has 3 rings (SSSR count). The van der Waals surface area contributed by atoms with Crippen molar-refractivity contribution >= 4 is 38.6 Å². The van der Waals surface area contributed by atoms with Crippen molar-refractivity contribution in [3.63, 3.8) is 0 Å². The molecule has 2 aromatic heterocycles. The zero-order chi connectivity index (χ0) is 14.8. The van der Waals surface area contributed by atoms with Crippen LogP contribution in [0.25, 0.3) is 11.0 Å². The Balaban J connectivity index is 2.00. The minimum absolute atomic E-state index is 0.332. The molecule has 8 heteroatoms. The summed E-state index contributed by atoms with van der Waals surface area (Å²) >= 11 is 9.03. The Morgan fingerprint density at radius 2 is 2.19 bits per heavy atom. The lowest BCUT2D eigenvalue weighted by Crippen LogP contribution is -2.07. The summed E-state index contributed by atoms with van der Waals surface area (Å²) in [5, 5.41) is 3.58. The van der Waals surface area contributed by atoms with E-state index in [0.29, 0.717) is 41.1 Å². The number of hydrogen-bond acceptors (Lipinski definition) is 4. The molecule has 2 heterocycles. The highest BCUT2D eigenvalue weighted by Gasteiger charge is 2.14. The normalized spacial score (nSPS) is 11.4. The molecule has 0 saturated carbocycles. The molecule has 0 spiro atoms. The summed E-state index contributed by atoms with van der Waals surface area (Å²) in [6.07, 6.45) is 2.56. The molecule has 110 valence electrons. The van der Waals surface area contributed by atoms with Crippen LogP contribution in [-0.4, -0.2) is 25.6 Å². The smallest absolute Gasteiger partial charge is 0.228 e. The first-order chi connectivity index (χ1) is 10.2. The number of alkyl halides is 1. The molecule has 21 heavy (non-hydrogen) atoms. The molecule has 0 aliphatic rings. The standard InChI is InChI=1S/C13H11BrClFN4O/c14-8-5-11-10(6-9(8)16)19-12(1-3-15)20(11)4-2-13-17-7-18-21-13/h5-7H,1-4H2. The third kappa shape index (κ3) is 2.94. The van der Waals surface area contributed by atoms with Gasteiger partial charge < -0.3 is 9.09 Å². The fourth-order valence-electron chi connectivity index (χ4n) is 2.21. The minimum Gasteiger partial charge on any atom is -0.340 e. The molecule has 0 aliphatic heterocycles. The molecule has 0 bridgehead atoms. The van der Waals surface area contributed by atoms with E-state index in [0.717, 1.165) is 11.3 Å². The first-order valence-electron chi connectivity index (χ1n) is 6.34. The third-order valence-corrected chi connectivity index (χ3v) is 3.94. The number of fused-ring (bicyclic) bond motifs is 1. The average molecular weight is 374 g/mol. The van der Waals surface area contributed by atoms with Gasteiger partial charge in [-0.25, -0.2) is 9.37 Å². The van der Waals surface area contributed by atoms with Crippen LogP contribution in [0.15, 0.2) is 27.5 Å². The van der Waals surface area contributed by atoms with Crippen LogP contribution in [-0.2, 0) is 19.4 Å². The molecule has 0 radical (unpaired) electrons. The zero-order valence-electron chi connectivity index (χ0n) is 10.9. The largest absolute Gasteiger partial charge is 0.340 e. The van der Waals surface area contributed by atoms with Crippen LogP contribution in [0.5, 0.6) is 0 Å². The highest BCUT2D eigenvalue weighted by atomic mass is 79.9. The van der Waals surface area contributed by atoms with Crippen LogP contribution in [0.3, 0.4) is 0 Å². The predicted molar refractivity (Wildman–Crippen MR) is 79.8 cm³/mol. The monoisotopic (exact) mass is 372 g/mol. The number of benzene rings is 1. The molecule has 0 fully saturated rings. The second kappa shape index (κ2) is 6.11. The highest BCUT2D eigenvalue weighted by Crippen LogP contribution is 2.25. The maximum absolute atomic E-state index is 13.6. The fourth-order valence-corrected chi connectivity index (χ4v) is 2.71. The summed E-state index contributed by atoms with van der Waals surface area (Å²) in [6.45, 7) is 0.614. The van der Waals surface area contributed by atoms with Gasteiger partial charge in [0.2, 0.25) is 5.89 Å². The second-order valence-corrected chi connectivity index (χ2v) is 5.69. The lowest BCUT2D eigenvalue weighted by molar-refractivity contribution is 0.371. The summed E-state index contributed by atoms with van der Waals surface area (Å²) < 4.78 is 21.0. The van der Waals surface area contributed by atoms with Gasteiger partial charge in [0.05, 0.1) is 15.5 Å².